The quantitative estimate of drug-likeness (QED) is 0.648. The molecule has 4 heteroatoms. The van der Waals surface area contributed by atoms with E-state index in [4.69, 9.17) is 5.26 Å². The molecular formula is C6H6N4. The molecule has 1 aromatic heterocycles. The van der Waals surface area contributed by atoms with Gasteiger partial charge in [-0.05, 0) is 6.08 Å². The molecular weight excluding hydrogens is 128 g/mol. The Kier molecular flexibility index (Phi) is 2.21. The van der Waals surface area contributed by atoms with Gasteiger partial charge in [-0.3, -0.25) is 5.10 Å². The summed E-state index contributed by atoms with van der Waals surface area (Å²) >= 11 is 0. The van der Waals surface area contributed by atoms with Gasteiger partial charge in [-0.25, -0.2) is 4.98 Å². The molecule has 0 aliphatic rings. The predicted octanol–water partition coefficient (Wildman–Crippen LogP) is 0.732. The minimum atomic E-state index is 0.403. The Hall–Kier alpha value is -1.63. The lowest BCUT2D eigenvalue weighted by molar-refractivity contribution is 1.08. The zero-order valence-corrected chi connectivity index (χ0v) is 5.28. The fraction of sp³-hybridized carbons (Fsp3) is 0.167. The van der Waals surface area contributed by atoms with E-state index < -0.39 is 0 Å². The zero-order chi connectivity index (χ0) is 7.23. The molecule has 0 aliphatic carbocycles. The molecule has 0 fully saturated rings. The van der Waals surface area contributed by atoms with Crippen LogP contribution in [-0.2, 0) is 0 Å². The van der Waals surface area contributed by atoms with Crippen LogP contribution in [0.2, 0.25) is 0 Å². The van der Waals surface area contributed by atoms with E-state index in [1.165, 1.54) is 6.33 Å². The smallest absolute Gasteiger partial charge is 0.147 e. The van der Waals surface area contributed by atoms with Crippen LogP contribution < -0.4 is 0 Å². The Morgan fingerprint density at radius 3 is 3.30 bits per heavy atom. The van der Waals surface area contributed by atoms with Crippen molar-refractivity contribution in [3.63, 3.8) is 0 Å². The molecule has 0 unspecified atom stereocenters. The fourth-order valence-electron chi connectivity index (χ4n) is 0.519. The molecule has 1 aromatic rings. The van der Waals surface area contributed by atoms with Gasteiger partial charge in [0.15, 0.2) is 0 Å². The van der Waals surface area contributed by atoms with Crippen molar-refractivity contribution in [2.24, 2.45) is 0 Å². The van der Waals surface area contributed by atoms with E-state index >= 15 is 0 Å². The zero-order valence-electron chi connectivity index (χ0n) is 5.28. The van der Waals surface area contributed by atoms with Gasteiger partial charge < -0.3 is 0 Å². The highest BCUT2D eigenvalue weighted by atomic mass is 15.2. The standard InChI is InChI=1S/C6H6N4/c7-4-2-1-3-6-8-5-9-10-6/h1,3,5H,2H2,(H,8,9,10). The largest absolute Gasteiger partial charge is 0.260 e. The number of nitrogens with one attached hydrogen (secondary N) is 1. The number of aromatic amines is 1. The molecule has 0 aliphatic heterocycles. The second-order valence-electron chi connectivity index (χ2n) is 1.64. The van der Waals surface area contributed by atoms with E-state index in [0.717, 1.165) is 0 Å². The van der Waals surface area contributed by atoms with Gasteiger partial charge in [-0.15, -0.1) is 0 Å². The van der Waals surface area contributed by atoms with E-state index in [1.54, 1.807) is 12.2 Å². The van der Waals surface area contributed by atoms with E-state index in [1.807, 2.05) is 6.07 Å². The Bertz CT molecular complexity index is 241. The summed E-state index contributed by atoms with van der Waals surface area (Å²) in [6.45, 7) is 0. The van der Waals surface area contributed by atoms with Crippen molar-refractivity contribution in [3.8, 4) is 6.07 Å². The molecule has 0 bridgehead atoms. The molecule has 0 saturated heterocycles. The predicted molar refractivity (Wildman–Crippen MR) is 35.6 cm³/mol. The van der Waals surface area contributed by atoms with Crippen molar-refractivity contribution in [1.29, 1.82) is 5.26 Å². The summed E-state index contributed by atoms with van der Waals surface area (Å²) in [4.78, 5) is 3.83. The molecule has 1 N–H and O–H groups in total. The van der Waals surface area contributed by atoms with Gasteiger partial charge in [0.05, 0.1) is 12.5 Å². The first-order valence-corrected chi connectivity index (χ1v) is 2.82. The number of allylic oxidation sites excluding steroid dienone is 1. The topological polar surface area (TPSA) is 65.4 Å². The van der Waals surface area contributed by atoms with Crippen LogP contribution in [0.3, 0.4) is 0 Å². The highest BCUT2D eigenvalue weighted by molar-refractivity contribution is 5.38. The summed E-state index contributed by atoms with van der Waals surface area (Å²) in [5, 5.41) is 14.4. The summed E-state index contributed by atoms with van der Waals surface area (Å²) < 4.78 is 0. The summed E-state index contributed by atoms with van der Waals surface area (Å²) in [5.41, 5.74) is 0. The van der Waals surface area contributed by atoms with Crippen molar-refractivity contribution in [2.75, 3.05) is 0 Å². The lowest BCUT2D eigenvalue weighted by atomic mass is 10.4. The van der Waals surface area contributed by atoms with Gasteiger partial charge >= 0.3 is 0 Å². The first kappa shape index (κ1) is 6.49. The number of rotatable bonds is 2. The van der Waals surface area contributed by atoms with Gasteiger partial charge in [0, 0.05) is 0 Å². The number of aromatic nitrogens is 3. The normalized spacial score (nSPS) is 9.90. The lowest BCUT2D eigenvalue weighted by Gasteiger charge is -1.76. The Morgan fingerprint density at radius 1 is 1.80 bits per heavy atom. The Labute approximate surface area is 58.2 Å². The second-order valence-corrected chi connectivity index (χ2v) is 1.64. The molecule has 0 amide bonds. The van der Waals surface area contributed by atoms with E-state index in [-0.39, 0.29) is 0 Å². The number of nitriles is 1. The van der Waals surface area contributed by atoms with Crippen molar-refractivity contribution < 1.29 is 0 Å². The molecule has 10 heavy (non-hydrogen) atoms. The van der Waals surface area contributed by atoms with Gasteiger partial charge in [0.2, 0.25) is 0 Å². The second kappa shape index (κ2) is 3.41. The van der Waals surface area contributed by atoms with Crippen LogP contribution in [0.1, 0.15) is 12.2 Å². The molecule has 0 spiro atoms. The van der Waals surface area contributed by atoms with Crippen LogP contribution in [0.25, 0.3) is 6.08 Å². The van der Waals surface area contributed by atoms with Crippen molar-refractivity contribution in [3.05, 3.63) is 18.2 Å². The minimum Gasteiger partial charge on any atom is -0.260 e. The third-order valence-electron chi connectivity index (χ3n) is 0.919. The monoisotopic (exact) mass is 134 g/mol. The number of hydrogen-bond acceptors (Lipinski definition) is 3. The molecule has 1 rings (SSSR count). The first-order chi connectivity index (χ1) is 4.93. The van der Waals surface area contributed by atoms with Crippen LogP contribution in [0, 0.1) is 11.3 Å². The SMILES string of the molecule is N#CCC=Cc1ncn[nH]1. The highest BCUT2D eigenvalue weighted by Gasteiger charge is 1.83. The van der Waals surface area contributed by atoms with Crippen LogP contribution in [0.5, 0.6) is 0 Å². The van der Waals surface area contributed by atoms with Gasteiger partial charge in [0.1, 0.15) is 12.2 Å². The summed E-state index contributed by atoms with van der Waals surface area (Å²) in [6.07, 6.45) is 5.27. The number of nitrogens with zero attached hydrogens (tertiary/aromatic N) is 3. The Morgan fingerprint density at radius 2 is 2.70 bits per heavy atom. The van der Waals surface area contributed by atoms with E-state index in [0.29, 0.717) is 12.2 Å². The van der Waals surface area contributed by atoms with E-state index in [9.17, 15) is 0 Å². The maximum absolute atomic E-state index is 8.15. The van der Waals surface area contributed by atoms with Gasteiger partial charge in [-0.2, -0.15) is 10.4 Å². The van der Waals surface area contributed by atoms with Crippen molar-refractivity contribution in [1.82, 2.24) is 15.2 Å². The maximum atomic E-state index is 8.15. The van der Waals surface area contributed by atoms with Crippen LogP contribution in [0.4, 0.5) is 0 Å². The first-order valence-electron chi connectivity index (χ1n) is 2.82. The lowest BCUT2D eigenvalue weighted by Crippen LogP contribution is -1.72. The molecule has 0 saturated carbocycles. The van der Waals surface area contributed by atoms with Crippen molar-refractivity contribution >= 4 is 6.08 Å². The summed E-state index contributed by atoms with van der Waals surface area (Å²) in [6, 6.07) is 1.98. The third-order valence-corrected chi connectivity index (χ3v) is 0.919. The fourth-order valence-corrected chi connectivity index (χ4v) is 0.519. The van der Waals surface area contributed by atoms with Crippen LogP contribution >= 0.6 is 0 Å². The molecule has 4 nitrogen and oxygen atoms in total. The summed E-state index contributed by atoms with van der Waals surface area (Å²) in [7, 11) is 0. The minimum absolute atomic E-state index is 0.403. The number of hydrogen-bond donors (Lipinski definition) is 1. The molecule has 0 aromatic carbocycles. The van der Waals surface area contributed by atoms with Gasteiger partial charge in [-0.1, -0.05) is 6.08 Å². The van der Waals surface area contributed by atoms with Crippen LogP contribution in [-0.4, -0.2) is 15.2 Å². The molecule has 0 radical (unpaired) electrons. The average molecular weight is 134 g/mol. The third kappa shape index (κ3) is 1.71. The molecule has 1 heterocycles. The van der Waals surface area contributed by atoms with E-state index in [2.05, 4.69) is 15.2 Å². The van der Waals surface area contributed by atoms with Crippen molar-refractivity contribution in [2.45, 2.75) is 6.42 Å². The highest BCUT2D eigenvalue weighted by Crippen LogP contribution is 1.90. The number of H-pyrrole nitrogens is 1. The Balaban J connectivity index is 2.49. The molecule has 0 atom stereocenters. The maximum Gasteiger partial charge on any atom is 0.147 e. The van der Waals surface area contributed by atoms with Gasteiger partial charge in [0.25, 0.3) is 0 Å². The molecule has 50 valence electrons. The van der Waals surface area contributed by atoms with Crippen LogP contribution in [0.15, 0.2) is 12.4 Å². The summed E-state index contributed by atoms with van der Waals surface area (Å²) in [5.74, 6) is 0.676. The average Bonchev–Trinajstić information content (AvgIpc) is 2.41.